The molecule has 0 radical (unpaired) electrons. The molecule has 0 bridgehead atoms. The number of ether oxygens (including phenoxy) is 1. The molecule has 1 aromatic heterocycles. The number of aromatic hydroxyl groups is 1. The highest BCUT2D eigenvalue weighted by atomic mass is 127. The number of amides is 1. The molecule has 1 heterocycles. The van der Waals surface area contributed by atoms with E-state index in [1.807, 2.05) is 0 Å². The van der Waals surface area contributed by atoms with Crippen molar-refractivity contribution < 1.29 is 14.6 Å². The van der Waals surface area contributed by atoms with Crippen LogP contribution in [0, 0.1) is 0 Å². The van der Waals surface area contributed by atoms with Crippen molar-refractivity contribution in [3.05, 3.63) is 30.0 Å². The van der Waals surface area contributed by atoms with E-state index in [1.165, 1.54) is 0 Å². The van der Waals surface area contributed by atoms with Crippen LogP contribution in [0.4, 0.5) is 0 Å². The van der Waals surface area contributed by atoms with Crippen LogP contribution >= 0.6 is 22.6 Å². The van der Waals surface area contributed by atoms with Gasteiger partial charge in [0.15, 0.2) is 5.69 Å². The summed E-state index contributed by atoms with van der Waals surface area (Å²) >= 11 is 2.21. The third-order valence-electron chi connectivity index (χ3n) is 2.52. The summed E-state index contributed by atoms with van der Waals surface area (Å²) in [6, 6.07) is 7.05. The summed E-state index contributed by atoms with van der Waals surface area (Å²) in [5, 5.41) is 12.4. The number of nitrogens with zero attached hydrogens (tertiary/aromatic N) is 2. The average Bonchev–Trinajstić information content (AvgIpc) is 2.46. The summed E-state index contributed by atoms with van der Waals surface area (Å²) in [7, 11) is 0. The van der Waals surface area contributed by atoms with Crippen LogP contribution in [-0.2, 0) is 4.74 Å². The number of carbonyl (C=O) groups excluding carboxylic acids is 1. The van der Waals surface area contributed by atoms with Gasteiger partial charge in [0.1, 0.15) is 0 Å². The van der Waals surface area contributed by atoms with Crippen LogP contribution in [0.1, 0.15) is 10.5 Å². The van der Waals surface area contributed by atoms with Crippen LogP contribution in [0.3, 0.4) is 0 Å². The summed E-state index contributed by atoms with van der Waals surface area (Å²) in [6.07, 6.45) is 0. The fourth-order valence-electron chi connectivity index (χ4n) is 1.62. The van der Waals surface area contributed by atoms with E-state index in [0.29, 0.717) is 30.8 Å². The molecule has 0 spiro atoms. The van der Waals surface area contributed by atoms with Crippen molar-refractivity contribution in [2.24, 2.45) is 0 Å². The molecule has 0 atom stereocenters. The van der Waals surface area contributed by atoms with Gasteiger partial charge in [-0.1, -0.05) is 34.7 Å². The summed E-state index contributed by atoms with van der Waals surface area (Å²) in [5.41, 5.74) is 1.04. The minimum Gasteiger partial charge on any atom is -0.492 e. The normalized spacial score (nSPS) is 10.7. The lowest BCUT2D eigenvalue weighted by molar-refractivity contribution is 0.0916. The summed E-state index contributed by atoms with van der Waals surface area (Å²) in [6.45, 7) is 1.44. The van der Waals surface area contributed by atoms with E-state index < -0.39 is 5.91 Å². The zero-order valence-electron chi connectivity index (χ0n) is 10.7. The zero-order chi connectivity index (χ0) is 14.4. The Morgan fingerprint density at radius 2 is 1.95 bits per heavy atom. The Morgan fingerprint density at radius 3 is 2.65 bits per heavy atom. The van der Waals surface area contributed by atoms with Gasteiger partial charge in [-0.2, -0.15) is 0 Å². The van der Waals surface area contributed by atoms with E-state index in [2.05, 4.69) is 37.9 Å². The number of halogens is 1. The monoisotopic (exact) mass is 387 g/mol. The van der Waals surface area contributed by atoms with Crippen molar-refractivity contribution in [3.63, 3.8) is 0 Å². The van der Waals surface area contributed by atoms with Crippen molar-refractivity contribution in [2.75, 3.05) is 24.2 Å². The molecule has 0 saturated carbocycles. The first-order valence-corrected chi connectivity index (χ1v) is 7.62. The van der Waals surface area contributed by atoms with E-state index >= 15 is 0 Å². The van der Waals surface area contributed by atoms with E-state index in [0.717, 1.165) is 4.43 Å². The van der Waals surface area contributed by atoms with E-state index in [-0.39, 0.29) is 11.6 Å². The molecule has 2 rings (SSSR count). The standard InChI is InChI=1S/C13H14IN3O3/c14-5-7-20-8-6-15-12(18)11-13(19)17-10-4-2-1-3-9(10)16-11/h1-4H,5-8H2,(H,15,18)(H,17,19). The molecule has 20 heavy (non-hydrogen) atoms. The molecule has 106 valence electrons. The molecule has 1 amide bonds. The number of nitrogens with one attached hydrogen (secondary N) is 1. The second-order valence-corrected chi connectivity index (χ2v) is 5.02. The first-order chi connectivity index (χ1) is 9.72. The number of hydrogen-bond acceptors (Lipinski definition) is 5. The molecule has 0 unspecified atom stereocenters. The Morgan fingerprint density at radius 1 is 1.25 bits per heavy atom. The second-order valence-electron chi connectivity index (χ2n) is 3.94. The fraction of sp³-hybridized carbons (Fsp3) is 0.308. The highest BCUT2D eigenvalue weighted by Gasteiger charge is 2.15. The third-order valence-corrected chi connectivity index (χ3v) is 2.96. The maximum atomic E-state index is 11.9. The van der Waals surface area contributed by atoms with Crippen LogP contribution in [0.2, 0.25) is 0 Å². The Kier molecular flexibility index (Phi) is 5.48. The molecule has 2 aromatic rings. The molecule has 0 saturated heterocycles. The van der Waals surface area contributed by atoms with Gasteiger partial charge >= 0.3 is 0 Å². The minimum atomic E-state index is -0.459. The maximum absolute atomic E-state index is 11.9. The van der Waals surface area contributed by atoms with Crippen LogP contribution in [0.15, 0.2) is 24.3 Å². The number of hydrogen-bond donors (Lipinski definition) is 2. The lowest BCUT2D eigenvalue weighted by Gasteiger charge is -2.07. The number of alkyl halides is 1. The predicted octanol–water partition coefficient (Wildman–Crippen LogP) is 1.52. The lowest BCUT2D eigenvalue weighted by Crippen LogP contribution is -2.28. The molecule has 0 fully saturated rings. The SMILES string of the molecule is O=C(NCCOCCI)c1nc2ccccc2nc1O. The predicted molar refractivity (Wildman–Crippen MR) is 83.2 cm³/mol. The van der Waals surface area contributed by atoms with Crippen molar-refractivity contribution in [2.45, 2.75) is 0 Å². The van der Waals surface area contributed by atoms with Crippen molar-refractivity contribution in [3.8, 4) is 5.88 Å². The summed E-state index contributed by atoms with van der Waals surface area (Å²) in [4.78, 5) is 20.0. The lowest BCUT2D eigenvalue weighted by atomic mass is 10.3. The van der Waals surface area contributed by atoms with E-state index in [9.17, 15) is 9.90 Å². The van der Waals surface area contributed by atoms with Gasteiger partial charge < -0.3 is 15.2 Å². The van der Waals surface area contributed by atoms with Crippen molar-refractivity contribution in [1.29, 1.82) is 0 Å². The molecule has 0 aliphatic rings. The van der Waals surface area contributed by atoms with Crippen LogP contribution in [-0.4, -0.2) is 45.2 Å². The third kappa shape index (κ3) is 3.76. The van der Waals surface area contributed by atoms with Gasteiger partial charge in [-0.3, -0.25) is 4.79 Å². The van der Waals surface area contributed by atoms with Gasteiger partial charge in [0, 0.05) is 11.0 Å². The van der Waals surface area contributed by atoms with Gasteiger partial charge in [-0.25, -0.2) is 9.97 Å². The average molecular weight is 387 g/mol. The molecule has 6 nitrogen and oxygen atoms in total. The van der Waals surface area contributed by atoms with Gasteiger partial charge in [0.25, 0.3) is 5.91 Å². The topological polar surface area (TPSA) is 84.3 Å². The number of carbonyl (C=O) groups is 1. The quantitative estimate of drug-likeness (QED) is 0.446. The molecular weight excluding hydrogens is 373 g/mol. The highest BCUT2D eigenvalue weighted by Crippen LogP contribution is 2.17. The number of rotatable bonds is 6. The summed E-state index contributed by atoms with van der Waals surface area (Å²) in [5.74, 6) is -0.826. The molecule has 7 heteroatoms. The highest BCUT2D eigenvalue weighted by molar-refractivity contribution is 14.1. The van der Waals surface area contributed by atoms with E-state index in [1.54, 1.807) is 24.3 Å². The van der Waals surface area contributed by atoms with Crippen LogP contribution in [0.25, 0.3) is 11.0 Å². The number of fused-ring (bicyclic) bond motifs is 1. The number of para-hydroxylation sites is 2. The van der Waals surface area contributed by atoms with Crippen molar-refractivity contribution >= 4 is 39.5 Å². The molecule has 0 aliphatic carbocycles. The van der Waals surface area contributed by atoms with Crippen LogP contribution < -0.4 is 5.32 Å². The molecular formula is C13H14IN3O3. The van der Waals surface area contributed by atoms with Gasteiger partial charge in [0.05, 0.1) is 24.2 Å². The Bertz CT molecular complexity index is 606. The molecule has 2 N–H and O–H groups in total. The Hall–Kier alpha value is -1.48. The first kappa shape index (κ1) is 14.9. The Balaban J connectivity index is 2.04. The van der Waals surface area contributed by atoms with Gasteiger partial charge in [0.2, 0.25) is 5.88 Å². The smallest absolute Gasteiger partial charge is 0.275 e. The van der Waals surface area contributed by atoms with Crippen LogP contribution in [0.5, 0.6) is 5.88 Å². The fourth-order valence-corrected chi connectivity index (χ4v) is 1.93. The first-order valence-electron chi connectivity index (χ1n) is 6.10. The minimum absolute atomic E-state index is 0.0717. The summed E-state index contributed by atoms with van der Waals surface area (Å²) < 4.78 is 6.15. The number of aromatic nitrogens is 2. The van der Waals surface area contributed by atoms with E-state index in [4.69, 9.17) is 4.74 Å². The van der Waals surface area contributed by atoms with Gasteiger partial charge in [-0.15, -0.1) is 0 Å². The maximum Gasteiger partial charge on any atom is 0.275 e. The molecule has 0 aliphatic heterocycles. The second kappa shape index (κ2) is 7.34. The van der Waals surface area contributed by atoms with Crippen molar-refractivity contribution in [1.82, 2.24) is 15.3 Å². The van der Waals surface area contributed by atoms with Gasteiger partial charge in [-0.05, 0) is 12.1 Å². The zero-order valence-corrected chi connectivity index (χ0v) is 12.8. The largest absolute Gasteiger partial charge is 0.492 e. The number of benzene rings is 1. The molecule has 1 aromatic carbocycles. The Labute approximate surface area is 129 Å².